The second-order valence-electron chi connectivity index (χ2n) is 2.70. The van der Waals surface area contributed by atoms with E-state index in [9.17, 15) is 5.11 Å². The van der Waals surface area contributed by atoms with E-state index in [0.717, 1.165) is 5.76 Å². The molecule has 0 aliphatic heterocycles. The molecule has 0 aromatic carbocycles. The van der Waals surface area contributed by atoms with Gasteiger partial charge in [0.15, 0.2) is 0 Å². The summed E-state index contributed by atoms with van der Waals surface area (Å²) >= 11 is 0. The van der Waals surface area contributed by atoms with Gasteiger partial charge in [-0.25, -0.2) is 0 Å². The maximum absolute atomic E-state index is 9.42. The Labute approximate surface area is 66.2 Å². The van der Waals surface area contributed by atoms with Crippen LogP contribution in [-0.2, 0) is 0 Å². The fourth-order valence-corrected chi connectivity index (χ4v) is 0.843. The van der Waals surface area contributed by atoms with E-state index in [4.69, 9.17) is 4.42 Å². The minimum absolute atomic E-state index is 0.565. The summed E-state index contributed by atoms with van der Waals surface area (Å²) < 4.78 is 5.20. The lowest BCUT2D eigenvalue weighted by Gasteiger charge is -2.05. The number of aryl methyl sites for hydroxylation is 1. The maximum atomic E-state index is 9.42. The summed E-state index contributed by atoms with van der Waals surface area (Å²) in [5, 5.41) is 9.42. The van der Waals surface area contributed by atoms with Crippen LogP contribution < -0.4 is 0 Å². The third-order valence-corrected chi connectivity index (χ3v) is 1.50. The standard InChI is InChI=1S/C9H12O2/c1-6(2)9(10)8-5-4-7(3)11-8/h4-5,9-10H,1H2,2-3H3. The molecule has 1 heterocycles. The molecule has 0 saturated carbocycles. The molecule has 1 aromatic heterocycles. The van der Waals surface area contributed by atoms with Crippen LogP contribution in [0.2, 0.25) is 0 Å². The molecule has 0 aliphatic carbocycles. The predicted octanol–water partition coefficient (Wildman–Crippen LogP) is 2.20. The van der Waals surface area contributed by atoms with Crippen molar-refractivity contribution >= 4 is 0 Å². The van der Waals surface area contributed by atoms with E-state index in [-0.39, 0.29) is 0 Å². The molecule has 0 amide bonds. The van der Waals surface area contributed by atoms with Gasteiger partial charge in [0.2, 0.25) is 0 Å². The summed E-state index contributed by atoms with van der Waals surface area (Å²) in [6, 6.07) is 3.58. The molecule has 1 unspecified atom stereocenters. The number of furan rings is 1. The van der Waals surface area contributed by atoms with Crippen LogP contribution in [0, 0.1) is 6.92 Å². The largest absolute Gasteiger partial charge is 0.463 e. The van der Waals surface area contributed by atoms with Crippen molar-refractivity contribution in [2.24, 2.45) is 0 Å². The highest BCUT2D eigenvalue weighted by molar-refractivity contribution is 5.15. The summed E-state index contributed by atoms with van der Waals surface area (Å²) in [5.41, 5.74) is 0.694. The smallest absolute Gasteiger partial charge is 0.136 e. The van der Waals surface area contributed by atoms with Crippen molar-refractivity contribution < 1.29 is 9.52 Å². The van der Waals surface area contributed by atoms with Gasteiger partial charge in [-0.15, -0.1) is 0 Å². The zero-order chi connectivity index (χ0) is 8.43. The first kappa shape index (κ1) is 8.08. The number of hydrogen-bond donors (Lipinski definition) is 1. The predicted molar refractivity (Wildman–Crippen MR) is 43.2 cm³/mol. The highest BCUT2D eigenvalue weighted by Crippen LogP contribution is 2.21. The summed E-state index contributed by atoms with van der Waals surface area (Å²) in [5.74, 6) is 1.37. The van der Waals surface area contributed by atoms with E-state index in [1.165, 1.54) is 0 Å². The quantitative estimate of drug-likeness (QED) is 0.659. The van der Waals surface area contributed by atoms with Gasteiger partial charge in [0.25, 0.3) is 0 Å². The molecule has 2 nitrogen and oxygen atoms in total. The van der Waals surface area contributed by atoms with Gasteiger partial charge in [0.05, 0.1) is 0 Å². The molecule has 0 radical (unpaired) electrons. The Balaban J connectivity index is 2.84. The third-order valence-electron chi connectivity index (χ3n) is 1.50. The van der Waals surface area contributed by atoms with E-state index >= 15 is 0 Å². The number of rotatable bonds is 2. The SMILES string of the molecule is C=C(C)C(O)c1ccc(C)o1. The van der Waals surface area contributed by atoms with Crippen LogP contribution in [-0.4, -0.2) is 5.11 Å². The molecule has 60 valence electrons. The molecule has 0 bridgehead atoms. The van der Waals surface area contributed by atoms with E-state index in [0.29, 0.717) is 11.3 Å². The Bertz CT molecular complexity index is 260. The van der Waals surface area contributed by atoms with Gasteiger partial charge in [0.1, 0.15) is 17.6 Å². The minimum atomic E-state index is -0.663. The van der Waals surface area contributed by atoms with Crippen LogP contribution in [0.1, 0.15) is 24.5 Å². The van der Waals surface area contributed by atoms with Crippen LogP contribution in [0.25, 0.3) is 0 Å². The lowest BCUT2D eigenvalue weighted by atomic mass is 10.1. The fourth-order valence-electron chi connectivity index (χ4n) is 0.843. The van der Waals surface area contributed by atoms with Crippen LogP contribution >= 0.6 is 0 Å². The third kappa shape index (κ3) is 1.71. The zero-order valence-electron chi connectivity index (χ0n) is 6.79. The first-order chi connectivity index (χ1) is 5.11. The van der Waals surface area contributed by atoms with Gasteiger partial charge in [-0.3, -0.25) is 0 Å². The zero-order valence-corrected chi connectivity index (χ0v) is 6.79. The van der Waals surface area contributed by atoms with Gasteiger partial charge in [-0.2, -0.15) is 0 Å². The molecule has 0 aliphatic rings. The Morgan fingerprint density at radius 2 is 2.27 bits per heavy atom. The van der Waals surface area contributed by atoms with Crippen molar-refractivity contribution in [2.75, 3.05) is 0 Å². The van der Waals surface area contributed by atoms with Crippen LogP contribution in [0.3, 0.4) is 0 Å². The van der Waals surface area contributed by atoms with Crippen molar-refractivity contribution in [3.8, 4) is 0 Å². The van der Waals surface area contributed by atoms with Crippen LogP contribution in [0.4, 0.5) is 0 Å². The maximum Gasteiger partial charge on any atom is 0.136 e. The number of hydrogen-bond acceptors (Lipinski definition) is 2. The van der Waals surface area contributed by atoms with Gasteiger partial charge in [0, 0.05) is 0 Å². The van der Waals surface area contributed by atoms with E-state index in [1.54, 1.807) is 13.0 Å². The summed E-state index contributed by atoms with van der Waals surface area (Å²) in [6.45, 7) is 7.24. The number of aliphatic hydroxyl groups excluding tert-OH is 1. The van der Waals surface area contributed by atoms with E-state index < -0.39 is 6.10 Å². The topological polar surface area (TPSA) is 33.4 Å². The fraction of sp³-hybridized carbons (Fsp3) is 0.333. The van der Waals surface area contributed by atoms with Crippen molar-refractivity contribution in [1.82, 2.24) is 0 Å². The highest BCUT2D eigenvalue weighted by Gasteiger charge is 2.10. The van der Waals surface area contributed by atoms with Crippen LogP contribution in [0.15, 0.2) is 28.7 Å². The molecule has 1 atom stereocenters. The highest BCUT2D eigenvalue weighted by atomic mass is 16.4. The Morgan fingerprint density at radius 1 is 1.64 bits per heavy atom. The lowest BCUT2D eigenvalue weighted by Crippen LogP contribution is -1.94. The molecule has 1 rings (SSSR count). The van der Waals surface area contributed by atoms with Gasteiger partial charge in [-0.1, -0.05) is 6.58 Å². The molecule has 11 heavy (non-hydrogen) atoms. The molecular weight excluding hydrogens is 140 g/mol. The molecular formula is C9H12O2. The first-order valence-corrected chi connectivity index (χ1v) is 3.51. The van der Waals surface area contributed by atoms with Crippen molar-refractivity contribution in [3.05, 3.63) is 35.8 Å². The van der Waals surface area contributed by atoms with Crippen molar-refractivity contribution in [2.45, 2.75) is 20.0 Å². The van der Waals surface area contributed by atoms with Crippen molar-refractivity contribution in [1.29, 1.82) is 0 Å². The van der Waals surface area contributed by atoms with E-state index in [2.05, 4.69) is 6.58 Å². The summed E-state index contributed by atoms with van der Waals surface area (Å²) in [7, 11) is 0. The molecule has 1 aromatic rings. The monoisotopic (exact) mass is 152 g/mol. The van der Waals surface area contributed by atoms with Gasteiger partial charge < -0.3 is 9.52 Å². The lowest BCUT2D eigenvalue weighted by molar-refractivity contribution is 0.184. The summed E-state index contributed by atoms with van der Waals surface area (Å²) in [6.07, 6.45) is -0.663. The normalized spacial score (nSPS) is 13.0. The summed E-state index contributed by atoms with van der Waals surface area (Å²) in [4.78, 5) is 0. The van der Waals surface area contributed by atoms with Crippen molar-refractivity contribution in [3.63, 3.8) is 0 Å². The van der Waals surface area contributed by atoms with E-state index in [1.807, 2.05) is 13.0 Å². The first-order valence-electron chi connectivity index (χ1n) is 3.51. The van der Waals surface area contributed by atoms with Gasteiger partial charge in [-0.05, 0) is 31.6 Å². The number of aliphatic hydroxyl groups is 1. The molecule has 1 N–H and O–H groups in total. The minimum Gasteiger partial charge on any atom is -0.463 e. The average molecular weight is 152 g/mol. The Kier molecular flexibility index (Phi) is 2.15. The second-order valence-corrected chi connectivity index (χ2v) is 2.70. The second kappa shape index (κ2) is 2.93. The average Bonchev–Trinajstić information content (AvgIpc) is 2.34. The molecule has 0 saturated heterocycles. The molecule has 2 heteroatoms. The Morgan fingerprint density at radius 3 is 2.64 bits per heavy atom. The molecule has 0 fully saturated rings. The Hall–Kier alpha value is -1.02. The molecule has 0 spiro atoms. The van der Waals surface area contributed by atoms with Crippen LogP contribution in [0.5, 0.6) is 0 Å². The van der Waals surface area contributed by atoms with Gasteiger partial charge >= 0.3 is 0 Å².